The van der Waals surface area contributed by atoms with E-state index in [1.165, 1.54) is 30.5 Å². The van der Waals surface area contributed by atoms with E-state index in [-0.39, 0.29) is 0 Å². The van der Waals surface area contributed by atoms with Crippen LogP contribution in [0, 0.1) is 17.8 Å². The predicted molar refractivity (Wildman–Crippen MR) is 73.5 cm³/mol. The lowest BCUT2D eigenvalue weighted by Gasteiger charge is -2.46. The summed E-state index contributed by atoms with van der Waals surface area (Å²) < 4.78 is 0. The van der Waals surface area contributed by atoms with Crippen molar-refractivity contribution in [3.05, 3.63) is 23.8 Å². The first-order valence-electron chi connectivity index (χ1n) is 7.37. The SMILES string of the molecule is CC1c2cncnc2C2(C[C@H]1C)C(C)CCC2C. The van der Waals surface area contributed by atoms with Gasteiger partial charge >= 0.3 is 0 Å². The predicted octanol–water partition coefficient (Wildman–Crippen LogP) is 3.92. The van der Waals surface area contributed by atoms with Crippen molar-refractivity contribution in [3.63, 3.8) is 0 Å². The molecular weight excluding hydrogens is 220 g/mol. The van der Waals surface area contributed by atoms with E-state index >= 15 is 0 Å². The molecule has 1 aromatic heterocycles. The van der Waals surface area contributed by atoms with Crippen LogP contribution in [-0.4, -0.2) is 9.97 Å². The summed E-state index contributed by atoms with van der Waals surface area (Å²) in [4.78, 5) is 9.01. The topological polar surface area (TPSA) is 25.8 Å². The minimum absolute atomic E-state index is 0.324. The summed E-state index contributed by atoms with van der Waals surface area (Å²) in [6, 6.07) is 0. The Morgan fingerprint density at radius 1 is 1.11 bits per heavy atom. The van der Waals surface area contributed by atoms with E-state index < -0.39 is 0 Å². The maximum atomic E-state index is 4.73. The third-order valence-corrected chi connectivity index (χ3v) is 5.98. The molecule has 1 fully saturated rings. The smallest absolute Gasteiger partial charge is 0.115 e. The van der Waals surface area contributed by atoms with Crippen molar-refractivity contribution >= 4 is 0 Å². The zero-order valence-corrected chi connectivity index (χ0v) is 12.0. The molecule has 0 bridgehead atoms. The molecule has 0 aliphatic heterocycles. The molecule has 0 amide bonds. The van der Waals surface area contributed by atoms with Crippen molar-refractivity contribution in [2.75, 3.05) is 0 Å². The maximum Gasteiger partial charge on any atom is 0.115 e. The highest BCUT2D eigenvalue weighted by Crippen LogP contribution is 2.57. The van der Waals surface area contributed by atoms with Crippen LogP contribution in [0.3, 0.4) is 0 Å². The molecule has 98 valence electrons. The van der Waals surface area contributed by atoms with Crippen LogP contribution in [-0.2, 0) is 5.41 Å². The van der Waals surface area contributed by atoms with Gasteiger partial charge < -0.3 is 0 Å². The molecule has 0 saturated heterocycles. The highest BCUT2D eigenvalue weighted by Gasteiger charge is 2.52. The summed E-state index contributed by atoms with van der Waals surface area (Å²) >= 11 is 0. The monoisotopic (exact) mass is 244 g/mol. The Labute approximate surface area is 110 Å². The van der Waals surface area contributed by atoms with E-state index in [1.807, 2.05) is 0 Å². The first-order chi connectivity index (χ1) is 8.57. The first-order valence-corrected chi connectivity index (χ1v) is 7.37. The van der Waals surface area contributed by atoms with Gasteiger partial charge in [-0.3, -0.25) is 0 Å². The van der Waals surface area contributed by atoms with Crippen molar-refractivity contribution in [1.82, 2.24) is 9.97 Å². The van der Waals surface area contributed by atoms with Gasteiger partial charge in [0.1, 0.15) is 6.33 Å². The summed E-state index contributed by atoms with van der Waals surface area (Å²) in [6.45, 7) is 9.60. The lowest BCUT2D eigenvalue weighted by Crippen LogP contribution is -2.43. The van der Waals surface area contributed by atoms with Crippen LogP contribution in [0.15, 0.2) is 12.5 Å². The Balaban J connectivity index is 2.20. The molecule has 0 N–H and O–H groups in total. The van der Waals surface area contributed by atoms with Crippen LogP contribution in [0.5, 0.6) is 0 Å². The molecule has 2 heteroatoms. The number of hydrogen-bond donors (Lipinski definition) is 0. The van der Waals surface area contributed by atoms with Crippen molar-refractivity contribution < 1.29 is 0 Å². The largest absolute Gasteiger partial charge is 0.245 e. The fourth-order valence-corrected chi connectivity index (χ4v) is 4.55. The highest BCUT2D eigenvalue weighted by molar-refractivity contribution is 5.35. The standard InChI is InChI=1S/C16H24N2/c1-10-7-16(11(2)5-6-12(16)3)15-14(13(10)4)8-17-9-18-15/h8-13H,5-7H2,1-4H3/t10-,11?,12?,13?,16?/m1/s1. The van der Waals surface area contributed by atoms with Gasteiger partial charge in [0.2, 0.25) is 0 Å². The summed E-state index contributed by atoms with van der Waals surface area (Å²) in [7, 11) is 0. The van der Waals surface area contributed by atoms with Gasteiger partial charge in [0.05, 0.1) is 5.69 Å². The van der Waals surface area contributed by atoms with Gasteiger partial charge in [-0.05, 0) is 48.5 Å². The normalized spacial score (nSPS) is 43.1. The summed E-state index contributed by atoms with van der Waals surface area (Å²) in [5, 5.41) is 0. The summed E-state index contributed by atoms with van der Waals surface area (Å²) in [5.41, 5.74) is 3.11. The van der Waals surface area contributed by atoms with Gasteiger partial charge in [0, 0.05) is 11.6 Å². The van der Waals surface area contributed by atoms with Gasteiger partial charge in [0.15, 0.2) is 0 Å². The minimum Gasteiger partial charge on any atom is -0.245 e. The molecule has 0 radical (unpaired) electrons. The van der Waals surface area contributed by atoms with Crippen LogP contribution in [0.2, 0.25) is 0 Å². The van der Waals surface area contributed by atoms with Gasteiger partial charge in [-0.15, -0.1) is 0 Å². The van der Waals surface area contributed by atoms with Crippen LogP contribution >= 0.6 is 0 Å². The average Bonchev–Trinajstić information content (AvgIpc) is 2.65. The second-order valence-electron chi connectivity index (χ2n) is 6.72. The lowest BCUT2D eigenvalue weighted by atomic mass is 9.58. The number of hydrogen-bond acceptors (Lipinski definition) is 2. The molecule has 2 nitrogen and oxygen atoms in total. The zero-order valence-electron chi connectivity index (χ0n) is 12.0. The third kappa shape index (κ3) is 1.41. The van der Waals surface area contributed by atoms with Gasteiger partial charge in [-0.25, -0.2) is 9.97 Å². The van der Waals surface area contributed by atoms with Gasteiger partial charge in [-0.1, -0.05) is 27.7 Å². The molecule has 1 aromatic rings. The molecule has 0 aromatic carbocycles. The number of fused-ring (bicyclic) bond motifs is 2. The highest BCUT2D eigenvalue weighted by atomic mass is 14.9. The second-order valence-corrected chi connectivity index (χ2v) is 6.72. The number of nitrogens with zero attached hydrogens (tertiary/aromatic N) is 2. The van der Waals surface area contributed by atoms with E-state index in [9.17, 15) is 0 Å². The molecule has 18 heavy (non-hydrogen) atoms. The quantitative estimate of drug-likeness (QED) is 0.691. The van der Waals surface area contributed by atoms with Crippen molar-refractivity contribution in [1.29, 1.82) is 0 Å². The van der Waals surface area contributed by atoms with E-state index in [2.05, 4.69) is 38.9 Å². The van der Waals surface area contributed by atoms with Crippen LogP contribution in [0.25, 0.3) is 0 Å². The fraction of sp³-hybridized carbons (Fsp3) is 0.750. The summed E-state index contributed by atoms with van der Waals surface area (Å²) in [6.07, 6.45) is 7.83. The molecule has 1 saturated carbocycles. The van der Waals surface area contributed by atoms with Gasteiger partial charge in [0.25, 0.3) is 0 Å². The first kappa shape index (κ1) is 12.1. The third-order valence-electron chi connectivity index (χ3n) is 5.98. The van der Waals surface area contributed by atoms with Crippen LogP contribution in [0.4, 0.5) is 0 Å². The molecule has 1 spiro atoms. The van der Waals surface area contributed by atoms with E-state index in [0.717, 1.165) is 17.8 Å². The Bertz CT molecular complexity index is 444. The van der Waals surface area contributed by atoms with Crippen LogP contribution in [0.1, 0.15) is 64.1 Å². The maximum absolute atomic E-state index is 4.73. The number of rotatable bonds is 0. The minimum atomic E-state index is 0.324. The van der Waals surface area contributed by atoms with E-state index in [4.69, 9.17) is 4.98 Å². The van der Waals surface area contributed by atoms with Crippen molar-refractivity contribution in [3.8, 4) is 0 Å². The Morgan fingerprint density at radius 3 is 2.44 bits per heavy atom. The van der Waals surface area contributed by atoms with Gasteiger partial charge in [-0.2, -0.15) is 0 Å². The Morgan fingerprint density at radius 2 is 1.78 bits per heavy atom. The zero-order chi connectivity index (χ0) is 12.9. The molecular formula is C16H24N2. The number of aromatic nitrogens is 2. The van der Waals surface area contributed by atoms with Crippen molar-refractivity contribution in [2.45, 2.75) is 58.3 Å². The molecule has 1 heterocycles. The average molecular weight is 244 g/mol. The van der Waals surface area contributed by atoms with Crippen LogP contribution < -0.4 is 0 Å². The fourth-order valence-electron chi connectivity index (χ4n) is 4.55. The Hall–Kier alpha value is -0.920. The second kappa shape index (κ2) is 4.04. The molecule has 3 rings (SSSR count). The van der Waals surface area contributed by atoms with E-state index in [1.54, 1.807) is 6.33 Å². The Kier molecular flexibility index (Phi) is 2.72. The summed E-state index contributed by atoms with van der Waals surface area (Å²) in [5.74, 6) is 2.87. The van der Waals surface area contributed by atoms with E-state index in [0.29, 0.717) is 11.3 Å². The lowest BCUT2D eigenvalue weighted by molar-refractivity contribution is 0.173. The molecule has 2 aliphatic rings. The molecule has 2 aliphatic carbocycles. The van der Waals surface area contributed by atoms with Crippen molar-refractivity contribution in [2.24, 2.45) is 17.8 Å². The molecule has 4 atom stereocenters. The molecule has 3 unspecified atom stereocenters.